The van der Waals surface area contributed by atoms with Gasteiger partial charge in [-0.15, -0.1) is 10.2 Å². The molecule has 19 heavy (non-hydrogen) atoms. The zero-order chi connectivity index (χ0) is 13.6. The monoisotopic (exact) mass is 272 g/mol. The number of fused-ring (bicyclic) bond motifs is 1. The molecule has 9 heteroatoms. The second kappa shape index (κ2) is 4.05. The van der Waals surface area contributed by atoms with Gasteiger partial charge in [-0.25, -0.2) is 0 Å². The van der Waals surface area contributed by atoms with E-state index < -0.39 is 18.0 Å². The molecule has 0 saturated carbocycles. The first-order chi connectivity index (χ1) is 8.97. The molecule has 6 nitrogen and oxygen atoms in total. The van der Waals surface area contributed by atoms with Gasteiger partial charge in [0.15, 0.2) is 5.82 Å². The Morgan fingerprint density at radius 3 is 2.79 bits per heavy atom. The van der Waals surface area contributed by atoms with Crippen molar-refractivity contribution in [2.75, 3.05) is 6.54 Å². The van der Waals surface area contributed by atoms with Crippen LogP contribution in [0.15, 0.2) is 12.4 Å². The summed E-state index contributed by atoms with van der Waals surface area (Å²) in [6.07, 6.45) is -1.13. The number of nitrogens with one attached hydrogen (secondary N) is 1. The smallest absolute Gasteiger partial charge is 0.304 e. The van der Waals surface area contributed by atoms with Gasteiger partial charge in [-0.2, -0.15) is 18.3 Å². The van der Waals surface area contributed by atoms with Gasteiger partial charge in [0.1, 0.15) is 0 Å². The summed E-state index contributed by atoms with van der Waals surface area (Å²) in [5.41, 5.74) is 0.768. The van der Waals surface area contributed by atoms with Crippen molar-refractivity contribution in [1.29, 1.82) is 0 Å². The molecule has 102 valence electrons. The van der Waals surface area contributed by atoms with Crippen LogP contribution in [0.2, 0.25) is 0 Å². The average Bonchev–Trinajstić information content (AvgIpc) is 2.93. The zero-order valence-corrected chi connectivity index (χ0v) is 10.0. The fourth-order valence-corrected chi connectivity index (χ4v) is 2.23. The van der Waals surface area contributed by atoms with E-state index in [1.165, 1.54) is 0 Å². The van der Waals surface area contributed by atoms with Gasteiger partial charge in [0.05, 0.1) is 12.2 Å². The minimum Gasteiger partial charge on any atom is -0.304 e. The van der Waals surface area contributed by atoms with Gasteiger partial charge in [-0.3, -0.25) is 4.68 Å². The van der Waals surface area contributed by atoms with Gasteiger partial charge in [-0.1, -0.05) is 0 Å². The van der Waals surface area contributed by atoms with Crippen LogP contribution in [0.4, 0.5) is 13.2 Å². The summed E-state index contributed by atoms with van der Waals surface area (Å²) in [4.78, 5) is 0. The molecule has 1 aliphatic rings. The number of rotatable bonds is 1. The molecule has 1 atom stereocenters. The summed E-state index contributed by atoms with van der Waals surface area (Å²) < 4.78 is 41.1. The Balaban J connectivity index is 2.04. The predicted octanol–water partition coefficient (Wildman–Crippen LogP) is 0.723. The molecule has 2 aromatic heterocycles. The van der Waals surface area contributed by atoms with Crippen molar-refractivity contribution in [3.63, 3.8) is 0 Å². The van der Waals surface area contributed by atoms with Gasteiger partial charge in [0, 0.05) is 31.9 Å². The standard InChI is InChI=1S/C10H11F3N6/c1-18-5-6(4-15-18)7-8-16-17-9(10(11,12)13)19(8)3-2-14-7/h4-5,7,14H,2-3H2,1H3. The maximum Gasteiger partial charge on any atom is 0.451 e. The van der Waals surface area contributed by atoms with Gasteiger partial charge in [-0.05, 0) is 0 Å². The number of hydrogen-bond acceptors (Lipinski definition) is 4. The van der Waals surface area contributed by atoms with Crippen LogP contribution in [-0.4, -0.2) is 31.1 Å². The highest BCUT2D eigenvalue weighted by molar-refractivity contribution is 5.22. The molecule has 0 spiro atoms. The summed E-state index contributed by atoms with van der Waals surface area (Å²) in [5.74, 6) is -0.676. The number of nitrogens with zero attached hydrogens (tertiary/aromatic N) is 5. The van der Waals surface area contributed by atoms with Gasteiger partial charge in [0.2, 0.25) is 5.82 Å². The van der Waals surface area contributed by atoms with Crippen LogP contribution in [0.1, 0.15) is 23.3 Å². The van der Waals surface area contributed by atoms with Crippen LogP contribution < -0.4 is 5.32 Å². The number of halogens is 3. The summed E-state index contributed by atoms with van der Waals surface area (Å²) >= 11 is 0. The number of aryl methyl sites for hydroxylation is 1. The number of aromatic nitrogens is 5. The molecule has 3 heterocycles. The lowest BCUT2D eigenvalue weighted by molar-refractivity contribution is -0.147. The first-order valence-corrected chi connectivity index (χ1v) is 5.69. The van der Waals surface area contributed by atoms with E-state index in [2.05, 4.69) is 20.6 Å². The summed E-state index contributed by atoms with van der Waals surface area (Å²) in [7, 11) is 1.75. The largest absolute Gasteiger partial charge is 0.451 e. The third-order valence-electron chi connectivity index (χ3n) is 3.03. The Bertz CT molecular complexity index is 599. The average molecular weight is 272 g/mol. The van der Waals surface area contributed by atoms with Crippen LogP contribution >= 0.6 is 0 Å². The molecule has 0 fully saturated rings. The Labute approximate surface area is 106 Å². The van der Waals surface area contributed by atoms with E-state index in [1.54, 1.807) is 24.1 Å². The topological polar surface area (TPSA) is 60.6 Å². The van der Waals surface area contributed by atoms with Crippen LogP contribution in [-0.2, 0) is 19.8 Å². The van der Waals surface area contributed by atoms with Crippen molar-refractivity contribution in [2.45, 2.75) is 18.8 Å². The Hall–Kier alpha value is -1.90. The van der Waals surface area contributed by atoms with E-state index in [9.17, 15) is 13.2 Å². The molecular weight excluding hydrogens is 261 g/mol. The fraction of sp³-hybridized carbons (Fsp3) is 0.500. The molecule has 1 unspecified atom stereocenters. The van der Waals surface area contributed by atoms with E-state index in [0.717, 1.165) is 10.1 Å². The molecule has 0 amide bonds. The molecule has 0 radical (unpaired) electrons. The third kappa shape index (κ3) is 1.99. The van der Waals surface area contributed by atoms with Gasteiger partial charge >= 0.3 is 6.18 Å². The van der Waals surface area contributed by atoms with E-state index in [4.69, 9.17) is 0 Å². The molecule has 3 rings (SSSR count). The van der Waals surface area contributed by atoms with Crippen molar-refractivity contribution in [2.24, 2.45) is 7.05 Å². The van der Waals surface area contributed by atoms with Crippen molar-refractivity contribution < 1.29 is 13.2 Å². The quantitative estimate of drug-likeness (QED) is 0.831. The van der Waals surface area contributed by atoms with Crippen molar-refractivity contribution in [3.05, 3.63) is 29.6 Å². The number of hydrogen-bond donors (Lipinski definition) is 1. The maximum absolute atomic E-state index is 12.8. The minimum absolute atomic E-state index is 0.202. The SMILES string of the molecule is Cn1cc(C2NCCn3c2nnc3C(F)(F)F)cn1. The van der Waals surface area contributed by atoms with Crippen LogP contribution in [0.3, 0.4) is 0 Å². The maximum atomic E-state index is 12.8. The van der Waals surface area contributed by atoms with E-state index in [1.807, 2.05) is 0 Å². The summed E-state index contributed by atoms with van der Waals surface area (Å²) in [6, 6.07) is -0.411. The van der Waals surface area contributed by atoms with E-state index in [-0.39, 0.29) is 12.4 Å². The first kappa shape index (κ1) is 12.2. The van der Waals surface area contributed by atoms with Crippen molar-refractivity contribution in [3.8, 4) is 0 Å². The summed E-state index contributed by atoms with van der Waals surface area (Å²) in [5, 5.41) is 14.1. The van der Waals surface area contributed by atoms with Gasteiger partial charge in [0.25, 0.3) is 0 Å². The molecule has 1 aliphatic heterocycles. The van der Waals surface area contributed by atoms with E-state index >= 15 is 0 Å². The highest BCUT2D eigenvalue weighted by atomic mass is 19.4. The van der Waals surface area contributed by atoms with Gasteiger partial charge < -0.3 is 9.88 Å². The van der Waals surface area contributed by atoms with Crippen molar-refractivity contribution >= 4 is 0 Å². The third-order valence-corrected chi connectivity index (χ3v) is 3.03. The number of alkyl halides is 3. The molecule has 2 aromatic rings. The normalized spacial score (nSPS) is 19.5. The lowest BCUT2D eigenvalue weighted by atomic mass is 10.1. The Morgan fingerprint density at radius 1 is 1.37 bits per heavy atom. The lowest BCUT2D eigenvalue weighted by Crippen LogP contribution is -2.35. The van der Waals surface area contributed by atoms with Crippen LogP contribution in [0, 0.1) is 0 Å². The fourth-order valence-electron chi connectivity index (χ4n) is 2.23. The summed E-state index contributed by atoms with van der Waals surface area (Å²) in [6.45, 7) is 0.627. The highest BCUT2D eigenvalue weighted by Crippen LogP contribution is 2.31. The molecule has 0 bridgehead atoms. The predicted molar refractivity (Wildman–Crippen MR) is 58.1 cm³/mol. The highest BCUT2D eigenvalue weighted by Gasteiger charge is 2.40. The second-order valence-corrected chi connectivity index (χ2v) is 4.37. The molecule has 0 aliphatic carbocycles. The minimum atomic E-state index is -4.48. The first-order valence-electron chi connectivity index (χ1n) is 5.69. The Morgan fingerprint density at radius 2 is 2.16 bits per heavy atom. The zero-order valence-electron chi connectivity index (χ0n) is 10.0. The van der Waals surface area contributed by atoms with Crippen LogP contribution in [0.25, 0.3) is 0 Å². The van der Waals surface area contributed by atoms with Crippen LogP contribution in [0.5, 0.6) is 0 Å². The second-order valence-electron chi connectivity index (χ2n) is 4.37. The molecule has 1 N–H and O–H groups in total. The van der Waals surface area contributed by atoms with E-state index in [0.29, 0.717) is 6.54 Å². The Kier molecular flexibility index (Phi) is 2.59. The molecular formula is C10H11F3N6. The van der Waals surface area contributed by atoms with Crippen molar-refractivity contribution in [1.82, 2.24) is 29.9 Å². The lowest BCUT2D eigenvalue weighted by Gasteiger charge is -2.24. The molecule has 0 aromatic carbocycles. The molecule has 0 saturated heterocycles.